The van der Waals surface area contributed by atoms with Gasteiger partial charge in [0.15, 0.2) is 5.78 Å². The molecule has 0 N–H and O–H groups in total. The number of hydrogen-bond acceptors (Lipinski definition) is 4. The molecule has 0 aliphatic carbocycles. The summed E-state index contributed by atoms with van der Waals surface area (Å²) in [5.41, 5.74) is 4.71. The molecule has 0 bridgehead atoms. The van der Waals surface area contributed by atoms with Crippen molar-refractivity contribution in [2.75, 3.05) is 36.0 Å². The smallest absolute Gasteiger partial charge is 0.159 e. The van der Waals surface area contributed by atoms with Crippen molar-refractivity contribution in [1.29, 1.82) is 5.26 Å². The molecule has 0 atom stereocenters. The molecule has 1 heterocycles. The molecule has 1 saturated heterocycles. The van der Waals surface area contributed by atoms with Crippen molar-refractivity contribution >= 4 is 17.2 Å². The van der Waals surface area contributed by atoms with Crippen LogP contribution < -0.4 is 9.80 Å². The molecule has 0 aromatic heterocycles. The molecule has 1 aliphatic heterocycles. The largest absolute Gasteiger partial charge is 0.368 e. The SMILES string of the molecule is CC(=O)c1ccc(C#N)c(N2CCN(c3ccccc3C)CC2)c1. The Labute approximate surface area is 142 Å². The number of piperazine rings is 1. The third kappa shape index (κ3) is 3.11. The number of rotatable bonds is 3. The molecule has 0 saturated carbocycles. The molecule has 0 amide bonds. The normalized spacial score (nSPS) is 14.4. The van der Waals surface area contributed by atoms with E-state index in [1.807, 2.05) is 6.07 Å². The minimum atomic E-state index is 0.0271. The van der Waals surface area contributed by atoms with Crippen LogP contribution in [0.1, 0.15) is 28.4 Å². The molecule has 122 valence electrons. The predicted molar refractivity (Wildman–Crippen MR) is 96.8 cm³/mol. The Kier molecular flexibility index (Phi) is 4.52. The molecule has 1 aliphatic rings. The first-order valence-corrected chi connectivity index (χ1v) is 8.21. The molecular weight excluding hydrogens is 298 g/mol. The number of nitriles is 1. The molecule has 2 aromatic rings. The summed E-state index contributed by atoms with van der Waals surface area (Å²) in [6, 6.07) is 16.0. The summed E-state index contributed by atoms with van der Waals surface area (Å²) in [7, 11) is 0. The second-order valence-electron chi connectivity index (χ2n) is 6.16. The highest BCUT2D eigenvalue weighted by atomic mass is 16.1. The van der Waals surface area contributed by atoms with Gasteiger partial charge in [-0.15, -0.1) is 0 Å². The van der Waals surface area contributed by atoms with Gasteiger partial charge in [-0.25, -0.2) is 0 Å². The highest BCUT2D eigenvalue weighted by molar-refractivity contribution is 5.95. The third-order valence-electron chi connectivity index (χ3n) is 4.60. The van der Waals surface area contributed by atoms with E-state index in [1.54, 1.807) is 19.1 Å². The van der Waals surface area contributed by atoms with Gasteiger partial charge in [-0.3, -0.25) is 4.79 Å². The van der Waals surface area contributed by atoms with Crippen molar-refractivity contribution in [2.45, 2.75) is 13.8 Å². The quantitative estimate of drug-likeness (QED) is 0.814. The van der Waals surface area contributed by atoms with Gasteiger partial charge in [0.25, 0.3) is 0 Å². The zero-order valence-corrected chi connectivity index (χ0v) is 14.1. The van der Waals surface area contributed by atoms with Gasteiger partial charge in [-0.05, 0) is 43.7 Å². The summed E-state index contributed by atoms with van der Waals surface area (Å²) >= 11 is 0. The topological polar surface area (TPSA) is 47.3 Å². The number of benzene rings is 2. The number of aryl methyl sites for hydroxylation is 1. The lowest BCUT2D eigenvalue weighted by molar-refractivity contribution is 0.101. The van der Waals surface area contributed by atoms with Crippen molar-refractivity contribution < 1.29 is 4.79 Å². The minimum absolute atomic E-state index is 0.0271. The van der Waals surface area contributed by atoms with Crippen LogP contribution in [0.5, 0.6) is 0 Å². The fourth-order valence-corrected chi connectivity index (χ4v) is 3.21. The standard InChI is InChI=1S/C20H21N3O/c1-15-5-3-4-6-19(15)22-9-11-23(12-10-22)20-13-17(16(2)24)7-8-18(20)14-21/h3-8,13H,9-12H2,1-2H3. The van der Waals surface area contributed by atoms with Gasteiger partial charge in [0.05, 0.1) is 11.3 Å². The van der Waals surface area contributed by atoms with Crippen molar-refractivity contribution in [3.8, 4) is 6.07 Å². The molecule has 4 heteroatoms. The Balaban J connectivity index is 1.80. The first kappa shape index (κ1) is 16.1. The molecule has 1 fully saturated rings. The average Bonchev–Trinajstić information content (AvgIpc) is 2.61. The average molecular weight is 319 g/mol. The van der Waals surface area contributed by atoms with Crippen LogP contribution in [0.4, 0.5) is 11.4 Å². The van der Waals surface area contributed by atoms with E-state index in [0.29, 0.717) is 11.1 Å². The number of carbonyl (C=O) groups excluding carboxylic acids is 1. The van der Waals surface area contributed by atoms with Crippen LogP contribution in [0.3, 0.4) is 0 Å². The maximum atomic E-state index is 11.6. The number of nitrogens with zero attached hydrogens (tertiary/aromatic N) is 3. The first-order chi connectivity index (χ1) is 11.6. The third-order valence-corrected chi connectivity index (χ3v) is 4.60. The Hall–Kier alpha value is -2.80. The Morgan fingerprint density at radius 2 is 1.62 bits per heavy atom. The minimum Gasteiger partial charge on any atom is -0.368 e. The summed E-state index contributed by atoms with van der Waals surface area (Å²) in [6.45, 7) is 7.17. The zero-order chi connectivity index (χ0) is 17.1. The van der Waals surface area contributed by atoms with Gasteiger partial charge in [0.1, 0.15) is 6.07 Å². The number of ketones is 1. The molecular formula is C20H21N3O. The lowest BCUT2D eigenvalue weighted by Gasteiger charge is -2.38. The van der Waals surface area contributed by atoms with Gasteiger partial charge < -0.3 is 9.80 Å². The van der Waals surface area contributed by atoms with Crippen molar-refractivity contribution in [1.82, 2.24) is 0 Å². The highest BCUT2D eigenvalue weighted by Crippen LogP contribution is 2.26. The van der Waals surface area contributed by atoms with Crippen LogP contribution in [-0.2, 0) is 0 Å². The Bertz CT molecular complexity index is 799. The number of carbonyl (C=O) groups is 1. The molecule has 0 unspecified atom stereocenters. The Morgan fingerprint density at radius 1 is 1.00 bits per heavy atom. The van der Waals surface area contributed by atoms with Gasteiger partial charge in [-0.2, -0.15) is 5.26 Å². The maximum absolute atomic E-state index is 11.6. The summed E-state index contributed by atoms with van der Waals surface area (Å²) in [4.78, 5) is 16.2. The predicted octanol–water partition coefficient (Wildman–Crippen LogP) is 3.40. The number of hydrogen-bond donors (Lipinski definition) is 0. The molecule has 3 rings (SSSR count). The second kappa shape index (κ2) is 6.76. The summed E-state index contributed by atoms with van der Waals surface area (Å²) in [5.74, 6) is 0.0271. The molecule has 4 nitrogen and oxygen atoms in total. The van der Waals surface area contributed by atoms with E-state index in [4.69, 9.17) is 0 Å². The highest BCUT2D eigenvalue weighted by Gasteiger charge is 2.21. The number of anilines is 2. The molecule has 2 aromatic carbocycles. The van der Waals surface area contributed by atoms with Crippen molar-refractivity contribution in [2.24, 2.45) is 0 Å². The van der Waals surface area contributed by atoms with E-state index in [9.17, 15) is 10.1 Å². The molecule has 0 spiro atoms. The van der Waals surface area contributed by atoms with Gasteiger partial charge in [-0.1, -0.05) is 18.2 Å². The van der Waals surface area contributed by atoms with E-state index >= 15 is 0 Å². The monoisotopic (exact) mass is 319 g/mol. The van der Waals surface area contributed by atoms with Gasteiger partial charge >= 0.3 is 0 Å². The van der Waals surface area contributed by atoms with Gasteiger partial charge in [0, 0.05) is 37.4 Å². The number of para-hydroxylation sites is 1. The summed E-state index contributed by atoms with van der Waals surface area (Å²) < 4.78 is 0. The second-order valence-corrected chi connectivity index (χ2v) is 6.16. The lowest BCUT2D eigenvalue weighted by Crippen LogP contribution is -2.47. The Morgan fingerprint density at radius 3 is 2.21 bits per heavy atom. The molecule has 0 radical (unpaired) electrons. The summed E-state index contributed by atoms with van der Waals surface area (Å²) in [5, 5.41) is 9.37. The van der Waals surface area contributed by atoms with E-state index in [1.165, 1.54) is 11.3 Å². The zero-order valence-electron chi connectivity index (χ0n) is 14.1. The van der Waals surface area contributed by atoms with Crippen LogP contribution >= 0.6 is 0 Å². The van der Waals surface area contributed by atoms with E-state index < -0.39 is 0 Å². The molecule has 24 heavy (non-hydrogen) atoms. The fraction of sp³-hybridized carbons (Fsp3) is 0.300. The van der Waals surface area contributed by atoms with Crippen LogP contribution in [0.25, 0.3) is 0 Å². The summed E-state index contributed by atoms with van der Waals surface area (Å²) in [6.07, 6.45) is 0. The first-order valence-electron chi connectivity index (χ1n) is 8.21. The van der Waals surface area contributed by atoms with E-state index in [0.717, 1.165) is 31.9 Å². The number of Topliss-reactive ketones (excluding diaryl/α,β-unsaturated/α-hetero) is 1. The van der Waals surface area contributed by atoms with Gasteiger partial charge in [0.2, 0.25) is 0 Å². The van der Waals surface area contributed by atoms with Crippen LogP contribution in [0, 0.1) is 18.3 Å². The van der Waals surface area contributed by atoms with Crippen LogP contribution in [0.2, 0.25) is 0 Å². The van der Waals surface area contributed by atoms with Crippen molar-refractivity contribution in [3.63, 3.8) is 0 Å². The van der Waals surface area contributed by atoms with Crippen LogP contribution in [-0.4, -0.2) is 32.0 Å². The fourth-order valence-electron chi connectivity index (χ4n) is 3.21. The lowest BCUT2D eigenvalue weighted by atomic mass is 10.1. The van der Waals surface area contributed by atoms with Crippen molar-refractivity contribution in [3.05, 3.63) is 59.2 Å². The van der Waals surface area contributed by atoms with E-state index in [2.05, 4.69) is 47.1 Å². The van der Waals surface area contributed by atoms with Crippen LogP contribution in [0.15, 0.2) is 42.5 Å². The van der Waals surface area contributed by atoms with E-state index in [-0.39, 0.29) is 5.78 Å². The maximum Gasteiger partial charge on any atom is 0.159 e.